The second-order valence-corrected chi connectivity index (χ2v) is 7.32. The zero-order valence-corrected chi connectivity index (χ0v) is 16.4. The molecule has 24 heavy (non-hydrogen) atoms. The van der Waals surface area contributed by atoms with E-state index in [1.54, 1.807) is 0 Å². The van der Waals surface area contributed by atoms with Crippen LogP contribution in [0.15, 0.2) is 0 Å². The van der Waals surface area contributed by atoms with Gasteiger partial charge in [0.15, 0.2) is 0 Å². The van der Waals surface area contributed by atoms with Gasteiger partial charge in [0.2, 0.25) is 0 Å². The summed E-state index contributed by atoms with van der Waals surface area (Å²) in [6.07, 6.45) is 20.2. The lowest BCUT2D eigenvalue weighted by Gasteiger charge is -2.11. The van der Waals surface area contributed by atoms with Crippen LogP contribution in [0, 0.1) is 0 Å². The average molecular weight is 344 g/mol. The molecule has 0 aromatic rings. The van der Waals surface area contributed by atoms with Crippen LogP contribution in [0.4, 0.5) is 0 Å². The first-order chi connectivity index (χ1) is 11.8. The van der Waals surface area contributed by atoms with Crippen LogP contribution in [0.2, 0.25) is 0 Å². The molecule has 0 saturated carbocycles. The number of aliphatic hydroxyl groups excluding tert-OH is 2. The Kier molecular flexibility index (Phi) is 20.8. The van der Waals surface area contributed by atoms with Crippen molar-refractivity contribution < 1.29 is 10.2 Å². The van der Waals surface area contributed by atoms with Crippen molar-refractivity contribution in [2.75, 3.05) is 19.7 Å². The molecule has 0 aliphatic heterocycles. The predicted octanol–water partition coefficient (Wildman–Crippen LogP) is 5.19. The van der Waals surface area contributed by atoms with Gasteiger partial charge in [0, 0.05) is 13.2 Å². The molecule has 0 amide bonds. The number of hydrogen-bond donors (Lipinski definition) is 3. The Hall–Kier alpha value is -0.120. The highest BCUT2D eigenvalue weighted by Gasteiger charge is 2.03. The predicted molar refractivity (Wildman–Crippen MR) is 106 cm³/mol. The normalized spacial score (nSPS) is 12.6. The van der Waals surface area contributed by atoms with Crippen LogP contribution in [0.5, 0.6) is 0 Å². The molecule has 1 atom stereocenters. The number of unbranched alkanes of at least 4 members (excludes halogenated alkanes) is 13. The van der Waals surface area contributed by atoms with Crippen molar-refractivity contribution in [3.05, 3.63) is 0 Å². The molecule has 0 aromatic heterocycles. The Morgan fingerprint density at radius 2 is 1.17 bits per heavy atom. The smallest absolute Gasteiger partial charge is 0.0664 e. The van der Waals surface area contributed by atoms with Gasteiger partial charge in [-0.3, -0.25) is 0 Å². The SMILES string of the molecule is CCCCCCCCCCCCCCC(O)CNCCCCCO. The van der Waals surface area contributed by atoms with Gasteiger partial charge in [0.25, 0.3) is 0 Å². The molecule has 0 bridgehead atoms. The summed E-state index contributed by atoms with van der Waals surface area (Å²) in [6, 6.07) is 0. The van der Waals surface area contributed by atoms with E-state index in [0.717, 1.165) is 45.2 Å². The number of aliphatic hydroxyl groups is 2. The molecule has 0 spiro atoms. The maximum atomic E-state index is 9.91. The molecule has 0 saturated heterocycles. The lowest BCUT2D eigenvalue weighted by Crippen LogP contribution is -2.27. The van der Waals surface area contributed by atoms with Gasteiger partial charge in [-0.05, 0) is 32.2 Å². The van der Waals surface area contributed by atoms with Gasteiger partial charge < -0.3 is 15.5 Å². The van der Waals surface area contributed by atoms with Crippen molar-refractivity contribution >= 4 is 0 Å². The lowest BCUT2D eigenvalue weighted by atomic mass is 10.0. The average Bonchev–Trinajstić information content (AvgIpc) is 2.59. The van der Waals surface area contributed by atoms with Crippen LogP contribution in [0.25, 0.3) is 0 Å². The van der Waals surface area contributed by atoms with Gasteiger partial charge in [-0.2, -0.15) is 0 Å². The minimum atomic E-state index is -0.189. The largest absolute Gasteiger partial charge is 0.396 e. The molecule has 0 aliphatic carbocycles. The second kappa shape index (κ2) is 20.9. The summed E-state index contributed by atoms with van der Waals surface area (Å²) < 4.78 is 0. The molecule has 0 fully saturated rings. The van der Waals surface area contributed by atoms with E-state index in [1.165, 1.54) is 70.6 Å². The maximum Gasteiger partial charge on any atom is 0.0664 e. The van der Waals surface area contributed by atoms with E-state index in [9.17, 15) is 5.11 Å². The summed E-state index contributed by atoms with van der Waals surface area (Å²) >= 11 is 0. The molecule has 3 nitrogen and oxygen atoms in total. The van der Waals surface area contributed by atoms with Gasteiger partial charge in [0.1, 0.15) is 0 Å². The Morgan fingerprint density at radius 1 is 0.667 bits per heavy atom. The van der Waals surface area contributed by atoms with Crippen LogP contribution >= 0.6 is 0 Å². The molecule has 146 valence electrons. The quantitative estimate of drug-likeness (QED) is 0.267. The number of rotatable bonds is 20. The molecule has 0 aromatic carbocycles. The molecule has 3 N–H and O–H groups in total. The monoisotopic (exact) mass is 343 g/mol. The van der Waals surface area contributed by atoms with Crippen LogP contribution in [-0.4, -0.2) is 36.0 Å². The summed E-state index contributed by atoms with van der Waals surface area (Å²) in [6.45, 7) is 4.24. The first kappa shape index (κ1) is 23.9. The van der Waals surface area contributed by atoms with E-state index in [4.69, 9.17) is 5.11 Å². The summed E-state index contributed by atoms with van der Waals surface area (Å²) in [7, 11) is 0. The van der Waals surface area contributed by atoms with Crippen LogP contribution in [-0.2, 0) is 0 Å². The molecule has 0 radical (unpaired) electrons. The van der Waals surface area contributed by atoms with E-state index < -0.39 is 0 Å². The molecule has 3 heteroatoms. The molecule has 0 aliphatic rings. The second-order valence-electron chi connectivity index (χ2n) is 7.32. The van der Waals surface area contributed by atoms with Gasteiger partial charge in [0.05, 0.1) is 6.10 Å². The third-order valence-electron chi connectivity index (χ3n) is 4.78. The number of nitrogens with one attached hydrogen (secondary N) is 1. The van der Waals surface area contributed by atoms with Gasteiger partial charge >= 0.3 is 0 Å². The molecule has 0 rings (SSSR count). The standard InChI is InChI=1S/C21H45NO2/c1-2-3-4-5-6-7-8-9-10-11-12-14-17-21(24)20-22-18-15-13-16-19-23/h21-24H,2-20H2,1H3. The van der Waals surface area contributed by atoms with Crippen LogP contribution < -0.4 is 5.32 Å². The first-order valence-corrected chi connectivity index (χ1v) is 10.8. The van der Waals surface area contributed by atoms with E-state index >= 15 is 0 Å². The zero-order valence-electron chi connectivity index (χ0n) is 16.4. The summed E-state index contributed by atoms with van der Waals surface area (Å²) in [5.74, 6) is 0. The van der Waals surface area contributed by atoms with Gasteiger partial charge in [-0.25, -0.2) is 0 Å². The summed E-state index contributed by atoms with van der Waals surface area (Å²) in [5.41, 5.74) is 0. The van der Waals surface area contributed by atoms with E-state index in [-0.39, 0.29) is 6.10 Å². The Labute approximate surface area is 151 Å². The third-order valence-corrected chi connectivity index (χ3v) is 4.78. The van der Waals surface area contributed by atoms with Crippen molar-refractivity contribution in [2.45, 2.75) is 116 Å². The minimum absolute atomic E-state index is 0.189. The van der Waals surface area contributed by atoms with Crippen molar-refractivity contribution in [3.63, 3.8) is 0 Å². The maximum absolute atomic E-state index is 9.91. The molecular formula is C21H45NO2. The minimum Gasteiger partial charge on any atom is -0.396 e. The van der Waals surface area contributed by atoms with Crippen molar-refractivity contribution in [3.8, 4) is 0 Å². The third kappa shape index (κ3) is 19.9. The Morgan fingerprint density at radius 3 is 1.71 bits per heavy atom. The van der Waals surface area contributed by atoms with Crippen LogP contribution in [0.1, 0.15) is 110 Å². The fourth-order valence-corrected chi connectivity index (χ4v) is 3.13. The van der Waals surface area contributed by atoms with Crippen LogP contribution in [0.3, 0.4) is 0 Å². The Balaban J connectivity index is 3.10. The van der Waals surface area contributed by atoms with E-state index in [1.807, 2.05) is 0 Å². The molecule has 0 heterocycles. The highest BCUT2D eigenvalue weighted by Crippen LogP contribution is 2.12. The highest BCUT2D eigenvalue weighted by atomic mass is 16.3. The van der Waals surface area contributed by atoms with E-state index in [0.29, 0.717) is 6.61 Å². The van der Waals surface area contributed by atoms with Crippen molar-refractivity contribution in [2.24, 2.45) is 0 Å². The highest BCUT2D eigenvalue weighted by molar-refractivity contribution is 4.60. The fourth-order valence-electron chi connectivity index (χ4n) is 3.13. The zero-order chi connectivity index (χ0) is 17.7. The molecule has 1 unspecified atom stereocenters. The Bertz CT molecular complexity index is 224. The lowest BCUT2D eigenvalue weighted by molar-refractivity contribution is 0.157. The van der Waals surface area contributed by atoms with E-state index in [2.05, 4.69) is 12.2 Å². The fraction of sp³-hybridized carbons (Fsp3) is 1.00. The van der Waals surface area contributed by atoms with Gasteiger partial charge in [-0.1, -0.05) is 84.0 Å². The number of hydrogen-bond acceptors (Lipinski definition) is 3. The topological polar surface area (TPSA) is 52.5 Å². The summed E-state index contributed by atoms with van der Waals surface area (Å²) in [5, 5.41) is 21.9. The summed E-state index contributed by atoms with van der Waals surface area (Å²) in [4.78, 5) is 0. The first-order valence-electron chi connectivity index (χ1n) is 10.8. The van der Waals surface area contributed by atoms with Crippen molar-refractivity contribution in [1.82, 2.24) is 5.32 Å². The van der Waals surface area contributed by atoms with Crippen molar-refractivity contribution in [1.29, 1.82) is 0 Å². The molecular weight excluding hydrogens is 298 g/mol. The van der Waals surface area contributed by atoms with Gasteiger partial charge in [-0.15, -0.1) is 0 Å².